The molecule has 1 saturated heterocycles. The van der Waals surface area contributed by atoms with Crippen LogP contribution in [0.4, 0.5) is 4.39 Å². The predicted octanol–water partition coefficient (Wildman–Crippen LogP) is 1.51. The normalized spacial score (nSPS) is 27.3. The van der Waals surface area contributed by atoms with E-state index in [9.17, 15) is 14.0 Å². The van der Waals surface area contributed by atoms with E-state index in [1.807, 2.05) is 0 Å². The number of ketones is 1. The molecular weight excluding hydrogens is 291 g/mol. The smallest absolute Gasteiger partial charge is 0.314 e. The molecule has 3 unspecified atom stereocenters. The molecule has 3 atom stereocenters. The first-order valence-electron chi connectivity index (χ1n) is 7.20. The zero-order valence-corrected chi connectivity index (χ0v) is 12.1. The molecule has 0 amide bonds. The molecule has 1 saturated carbocycles. The zero-order valence-electron chi connectivity index (χ0n) is 12.1. The number of fused-ring (bicyclic) bond motifs is 1. The van der Waals surface area contributed by atoms with Crippen LogP contribution in [0.3, 0.4) is 0 Å². The Bertz CT molecular complexity index is 512. The molecule has 22 heavy (non-hydrogen) atoms. The van der Waals surface area contributed by atoms with Crippen molar-refractivity contribution in [3.8, 4) is 0 Å². The minimum atomic E-state index is -0.994. The second-order valence-corrected chi connectivity index (χ2v) is 5.39. The average Bonchev–Trinajstić information content (AvgIpc) is 2.55. The highest BCUT2D eigenvalue weighted by molar-refractivity contribution is 5.99. The number of Topliss-reactive ketones (excluding diaryl/α,β-unsaturated/α-hetero) is 1. The first kappa shape index (κ1) is 16.5. The first-order chi connectivity index (χ1) is 10.6. The number of alkyl halides is 1. The van der Waals surface area contributed by atoms with Crippen molar-refractivity contribution in [3.63, 3.8) is 0 Å². The summed E-state index contributed by atoms with van der Waals surface area (Å²) in [6.45, 7) is 0.315. The highest BCUT2D eigenvalue weighted by atomic mass is 19.1. The number of carbonyl (C=O) groups excluding carboxylic acids is 1. The van der Waals surface area contributed by atoms with Gasteiger partial charge in [-0.2, -0.15) is 0 Å². The quantitative estimate of drug-likeness (QED) is 0.805. The molecule has 0 bridgehead atoms. The van der Waals surface area contributed by atoms with Crippen LogP contribution in [-0.4, -0.2) is 34.5 Å². The zero-order chi connectivity index (χ0) is 15.9. The standard InChI is InChI=1S/C9H13NO4.C6H6FN/c11-7-4-8-5(1-2-10-14-8)3-6(7)9(12)13;7-4-6-2-1-3-8-5-6/h5-6,8,10H,1-4H2,(H,12,13);1-3,5H,4H2. The summed E-state index contributed by atoms with van der Waals surface area (Å²) in [4.78, 5) is 31.1. The summed E-state index contributed by atoms with van der Waals surface area (Å²) >= 11 is 0. The Balaban J connectivity index is 0.000000188. The average molecular weight is 310 g/mol. The Hall–Kier alpha value is -1.86. The van der Waals surface area contributed by atoms with Crippen LogP contribution in [0.2, 0.25) is 0 Å². The van der Waals surface area contributed by atoms with Gasteiger partial charge in [-0.05, 0) is 24.8 Å². The molecule has 2 aliphatic rings. The third-order valence-corrected chi connectivity index (χ3v) is 3.88. The molecule has 6 nitrogen and oxygen atoms in total. The van der Waals surface area contributed by atoms with E-state index in [1.54, 1.807) is 18.3 Å². The fourth-order valence-electron chi connectivity index (χ4n) is 2.66. The number of carboxylic acid groups (broad SMARTS) is 1. The van der Waals surface area contributed by atoms with Crippen molar-refractivity contribution in [1.82, 2.24) is 10.5 Å². The summed E-state index contributed by atoms with van der Waals surface area (Å²) in [7, 11) is 0. The molecule has 1 aliphatic heterocycles. The van der Waals surface area contributed by atoms with Crippen molar-refractivity contribution in [2.45, 2.75) is 32.0 Å². The predicted molar refractivity (Wildman–Crippen MR) is 75.4 cm³/mol. The van der Waals surface area contributed by atoms with Crippen molar-refractivity contribution >= 4 is 11.8 Å². The Kier molecular flexibility index (Phi) is 5.97. The molecule has 2 N–H and O–H groups in total. The van der Waals surface area contributed by atoms with Gasteiger partial charge in [-0.25, -0.2) is 9.87 Å². The molecule has 3 rings (SSSR count). The largest absolute Gasteiger partial charge is 0.481 e. The van der Waals surface area contributed by atoms with Gasteiger partial charge in [0.05, 0.1) is 6.10 Å². The van der Waals surface area contributed by atoms with E-state index < -0.39 is 18.6 Å². The highest BCUT2D eigenvalue weighted by Gasteiger charge is 2.41. The van der Waals surface area contributed by atoms with Crippen LogP contribution in [0, 0.1) is 11.8 Å². The number of hydrogen-bond acceptors (Lipinski definition) is 5. The number of halogens is 1. The van der Waals surface area contributed by atoms with Crippen LogP contribution in [-0.2, 0) is 21.1 Å². The summed E-state index contributed by atoms with van der Waals surface area (Å²) in [6, 6.07) is 3.42. The van der Waals surface area contributed by atoms with E-state index in [-0.39, 0.29) is 24.2 Å². The Morgan fingerprint density at radius 2 is 2.36 bits per heavy atom. The number of aromatic nitrogens is 1. The number of hydroxylamine groups is 1. The number of carboxylic acids is 1. The monoisotopic (exact) mass is 310 g/mol. The molecule has 2 heterocycles. The van der Waals surface area contributed by atoms with Gasteiger partial charge >= 0.3 is 5.97 Å². The maximum absolute atomic E-state index is 11.7. The van der Waals surface area contributed by atoms with E-state index >= 15 is 0 Å². The van der Waals surface area contributed by atoms with Crippen molar-refractivity contribution < 1.29 is 23.9 Å². The molecule has 0 aromatic carbocycles. The van der Waals surface area contributed by atoms with Gasteiger partial charge < -0.3 is 5.11 Å². The topological polar surface area (TPSA) is 88.5 Å². The molecular formula is C15H19FN2O4. The van der Waals surface area contributed by atoms with E-state index in [0.29, 0.717) is 12.0 Å². The van der Waals surface area contributed by atoms with E-state index in [1.165, 1.54) is 6.20 Å². The number of hydrogen-bond donors (Lipinski definition) is 2. The van der Waals surface area contributed by atoms with Gasteiger partial charge in [0, 0.05) is 30.9 Å². The SMILES string of the molecule is FCc1cccnc1.O=C(O)C1CC2CCNOC2CC1=O. The van der Waals surface area contributed by atoms with Gasteiger partial charge in [0.25, 0.3) is 0 Å². The minimum absolute atomic E-state index is 0.119. The molecule has 7 heteroatoms. The molecule has 1 aliphatic carbocycles. The second kappa shape index (κ2) is 7.95. The fraction of sp³-hybridized carbons (Fsp3) is 0.533. The van der Waals surface area contributed by atoms with Crippen molar-refractivity contribution in [2.24, 2.45) is 11.8 Å². The molecule has 0 spiro atoms. The Morgan fingerprint density at radius 1 is 1.55 bits per heavy atom. The third kappa shape index (κ3) is 4.32. The minimum Gasteiger partial charge on any atom is -0.481 e. The van der Waals surface area contributed by atoms with Gasteiger partial charge in [0.15, 0.2) is 0 Å². The van der Waals surface area contributed by atoms with Crippen LogP contribution in [0.1, 0.15) is 24.8 Å². The number of nitrogens with one attached hydrogen (secondary N) is 1. The van der Waals surface area contributed by atoms with Crippen molar-refractivity contribution in [2.75, 3.05) is 6.54 Å². The summed E-state index contributed by atoms with van der Waals surface area (Å²) in [5, 5.41) is 8.82. The van der Waals surface area contributed by atoms with Gasteiger partial charge in [-0.3, -0.25) is 19.4 Å². The Labute approximate surface area is 127 Å². The Morgan fingerprint density at radius 3 is 2.95 bits per heavy atom. The lowest BCUT2D eigenvalue weighted by molar-refractivity contribution is -0.159. The van der Waals surface area contributed by atoms with E-state index in [4.69, 9.17) is 9.94 Å². The summed E-state index contributed by atoms with van der Waals surface area (Å²) in [5.74, 6) is -1.79. The number of carbonyl (C=O) groups is 2. The lowest BCUT2D eigenvalue weighted by Crippen LogP contribution is -2.46. The lowest BCUT2D eigenvalue weighted by atomic mass is 9.76. The first-order valence-corrected chi connectivity index (χ1v) is 7.20. The summed E-state index contributed by atoms with van der Waals surface area (Å²) in [6.07, 6.45) is 4.57. The molecule has 2 fully saturated rings. The summed E-state index contributed by atoms with van der Waals surface area (Å²) in [5.41, 5.74) is 3.38. The van der Waals surface area contributed by atoms with Crippen molar-refractivity contribution in [3.05, 3.63) is 30.1 Å². The van der Waals surface area contributed by atoms with Crippen LogP contribution in [0.5, 0.6) is 0 Å². The molecule has 0 radical (unpaired) electrons. The van der Waals surface area contributed by atoms with Crippen molar-refractivity contribution in [1.29, 1.82) is 0 Å². The van der Waals surface area contributed by atoms with Crippen LogP contribution < -0.4 is 5.48 Å². The number of pyridine rings is 1. The third-order valence-electron chi connectivity index (χ3n) is 3.88. The molecule has 1 aromatic heterocycles. The number of aliphatic carboxylic acids is 1. The maximum atomic E-state index is 11.7. The van der Waals surface area contributed by atoms with E-state index in [0.717, 1.165) is 13.0 Å². The summed E-state index contributed by atoms with van der Waals surface area (Å²) < 4.78 is 11.7. The van der Waals surface area contributed by atoms with Crippen LogP contribution in [0.15, 0.2) is 24.5 Å². The molecule has 120 valence electrons. The number of nitrogens with zero attached hydrogens (tertiary/aromatic N) is 1. The van der Waals surface area contributed by atoms with Gasteiger partial charge in [-0.1, -0.05) is 6.07 Å². The highest BCUT2D eigenvalue weighted by Crippen LogP contribution is 2.32. The van der Waals surface area contributed by atoms with Gasteiger partial charge in [0.1, 0.15) is 18.4 Å². The molecule has 1 aromatic rings. The van der Waals surface area contributed by atoms with Gasteiger partial charge in [0.2, 0.25) is 0 Å². The maximum Gasteiger partial charge on any atom is 0.314 e. The number of rotatable bonds is 2. The fourth-order valence-corrected chi connectivity index (χ4v) is 2.66. The van der Waals surface area contributed by atoms with Crippen LogP contribution in [0.25, 0.3) is 0 Å². The van der Waals surface area contributed by atoms with Gasteiger partial charge in [-0.15, -0.1) is 0 Å². The van der Waals surface area contributed by atoms with Crippen LogP contribution >= 0.6 is 0 Å². The van der Waals surface area contributed by atoms with E-state index in [2.05, 4.69) is 10.5 Å². The second-order valence-electron chi connectivity index (χ2n) is 5.39. The lowest BCUT2D eigenvalue weighted by Gasteiger charge is -2.36.